The quantitative estimate of drug-likeness (QED) is 0.766. The summed E-state index contributed by atoms with van der Waals surface area (Å²) in [6.07, 6.45) is 0. The molecule has 5 heteroatoms. The lowest BCUT2D eigenvalue weighted by atomic mass is 10.1. The zero-order chi connectivity index (χ0) is 10.9. The molecule has 0 radical (unpaired) electrons. The lowest BCUT2D eigenvalue weighted by Gasteiger charge is -2.08. The van der Waals surface area contributed by atoms with E-state index >= 15 is 0 Å². The Morgan fingerprint density at radius 3 is 2.50 bits per heavy atom. The number of hydrogen-bond donors (Lipinski definition) is 2. The number of hydrogen-bond acceptors (Lipinski definition) is 2. The Morgan fingerprint density at radius 1 is 1.43 bits per heavy atom. The molecule has 0 aliphatic carbocycles. The van der Waals surface area contributed by atoms with Crippen molar-refractivity contribution in [2.45, 2.75) is 6.92 Å². The fourth-order valence-corrected chi connectivity index (χ4v) is 1.83. The van der Waals surface area contributed by atoms with Gasteiger partial charge in [0, 0.05) is 25.9 Å². The van der Waals surface area contributed by atoms with Crippen molar-refractivity contribution in [1.82, 2.24) is 0 Å². The molecule has 0 bridgehead atoms. The molecule has 76 valence electrons. The standard InChI is InChI=1S/C9H9Br2ClN2/c1-4(13)9(11)5-2-7(12)6(10)3-8(5)14/h2-3H,13-14H2,1H3/b9-4+. The number of nitrogens with two attached hydrogens (primary N) is 2. The maximum atomic E-state index is 5.95. The molecule has 0 aliphatic rings. The molecule has 0 saturated carbocycles. The third-order valence-corrected chi connectivity index (χ3v) is 3.92. The average molecular weight is 340 g/mol. The fraction of sp³-hybridized carbons (Fsp3) is 0.111. The van der Waals surface area contributed by atoms with Gasteiger partial charge in [-0.3, -0.25) is 0 Å². The van der Waals surface area contributed by atoms with Gasteiger partial charge >= 0.3 is 0 Å². The van der Waals surface area contributed by atoms with Crippen molar-refractivity contribution in [3.8, 4) is 0 Å². The van der Waals surface area contributed by atoms with Gasteiger partial charge in [-0.25, -0.2) is 0 Å². The van der Waals surface area contributed by atoms with Crippen molar-refractivity contribution in [3.63, 3.8) is 0 Å². The second kappa shape index (κ2) is 4.55. The highest BCUT2D eigenvalue weighted by Crippen LogP contribution is 2.34. The smallest absolute Gasteiger partial charge is 0.0555 e. The SMILES string of the molecule is C/C(N)=C(\Br)c1cc(Cl)c(Br)cc1N. The second-order valence-corrected chi connectivity index (χ2v) is 4.91. The van der Waals surface area contributed by atoms with Gasteiger partial charge in [-0.15, -0.1) is 0 Å². The summed E-state index contributed by atoms with van der Waals surface area (Å²) in [7, 11) is 0. The van der Waals surface area contributed by atoms with Gasteiger partial charge in [0.2, 0.25) is 0 Å². The van der Waals surface area contributed by atoms with E-state index in [1.165, 1.54) is 0 Å². The molecule has 0 unspecified atom stereocenters. The number of anilines is 1. The lowest BCUT2D eigenvalue weighted by Crippen LogP contribution is -1.97. The summed E-state index contributed by atoms with van der Waals surface area (Å²) < 4.78 is 1.54. The Kier molecular flexibility index (Phi) is 3.86. The van der Waals surface area contributed by atoms with Gasteiger partial charge in [0.1, 0.15) is 0 Å². The Bertz CT molecular complexity index is 398. The first-order chi connectivity index (χ1) is 6.43. The van der Waals surface area contributed by atoms with Gasteiger partial charge in [-0.05, 0) is 50.9 Å². The highest BCUT2D eigenvalue weighted by molar-refractivity contribution is 9.15. The molecule has 0 amide bonds. The number of allylic oxidation sites excluding steroid dienone is 1. The van der Waals surface area contributed by atoms with E-state index in [4.69, 9.17) is 23.1 Å². The van der Waals surface area contributed by atoms with Gasteiger partial charge in [-0.1, -0.05) is 11.6 Å². The molecule has 0 heterocycles. The van der Waals surface area contributed by atoms with Crippen molar-refractivity contribution in [1.29, 1.82) is 0 Å². The summed E-state index contributed by atoms with van der Waals surface area (Å²) in [6.45, 7) is 1.79. The van der Waals surface area contributed by atoms with E-state index in [-0.39, 0.29) is 0 Å². The first-order valence-corrected chi connectivity index (χ1v) is 5.76. The predicted octanol–water partition coefficient (Wildman–Crippen LogP) is 3.73. The zero-order valence-electron chi connectivity index (χ0n) is 7.44. The predicted molar refractivity (Wildman–Crippen MR) is 69.3 cm³/mol. The molecule has 0 spiro atoms. The fourth-order valence-electron chi connectivity index (χ4n) is 0.965. The maximum Gasteiger partial charge on any atom is 0.0555 e. The van der Waals surface area contributed by atoms with Crippen LogP contribution in [-0.4, -0.2) is 0 Å². The summed E-state index contributed by atoms with van der Waals surface area (Å²) in [6, 6.07) is 3.52. The molecule has 0 saturated heterocycles. The number of halogens is 3. The lowest BCUT2D eigenvalue weighted by molar-refractivity contribution is 1.34. The molecule has 0 aliphatic heterocycles. The van der Waals surface area contributed by atoms with E-state index in [1.54, 1.807) is 19.1 Å². The second-order valence-electron chi connectivity index (χ2n) is 2.85. The van der Waals surface area contributed by atoms with Gasteiger partial charge < -0.3 is 11.5 Å². The summed E-state index contributed by atoms with van der Waals surface area (Å²) in [4.78, 5) is 0. The molecule has 1 aromatic carbocycles. The summed E-state index contributed by atoms with van der Waals surface area (Å²) >= 11 is 12.6. The minimum absolute atomic E-state index is 0.604. The van der Waals surface area contributed by atoms with Crippen LogP contribution < -0.4 is 11.5 Å². The van der Waals surface area contributed by atoms with Gasteiger partial charge in [-0.2, -0.15) is 0 Å². The van der Waals surface area contributed by atoms with Gasteiger partial charge in [0.05, 0.1) is 5.02 Å². The van der Waals surface area contributed by atoms with Gasteiger partial charge in [0.15, 0.2) is 0 Å². The summed E-state index contributed by atoms with van der Waals surface area (Å²) in [5, 5.41) is 0.604. The van der Waals surface area contributed by atoms with Gasteiger partial charge in [0.25, 0.3) is 0 Å². The summed E-state index contributed by atoms with van der Waals surface area (Å²) in [5.41, 5.74) is 13.6. The minimum atomic E-state index is 0.604. The van der Waals surface area contributed by atoms with Crippen molar-refractivity contribution in [3.05, 3.63) is 32.9 Å². The zero-order valence-corrected chi connectivity index (χ0v) is 11.4. The van der Waals surface area contributed by atoms with Crippen LogP contribution in [-0.2, 0) is 0 Å². The third kappa shape index (κ3) is 2.43. The Morgan fingerprint density at radius 2 is 2.00 bits per heavy atom. The number of benzene rings is 1. The van der Waals surface area contributed by atoms with Crippen LogP contribution in [0.2, 0.25) is 5.02 Å². The van der Waals surface area contributed by atoms with Crippen LogP contribution >= 0.6 is 43.5 Å². The molecular formula is C9H9Br2ClN2. The minimum Gasteiger partial charge on any atom is -0.401 e. The van der Waals surface area contributed by atoms with E-state index in [0.29, 0.717) is 16.4 Å². The number of nitrogen functional groups attached to an aromatic ring is 1. The Hall–Kier alpha value is -0.190. The monoisotopic (exact) mass is 338 g/mol. The maximum absolute atomic E-state index is 5.95. The van der Waals surface area contributed by atoms with Crippen molar-refractivity contribution >= 4 is 53.6 Å². The van der Waals surface area contributed by atoms with E-state index in [1.807, 2.05) is 0 Å². The van der Waals surface area contributed by atoms with Crippen LogP contribution in [0.1, 0.15) is 12.5 Å². The molecular weight excluding hydrogens is 331 g/mol. The largest absolute Gasteiger partial charge is 0.401 e. The molecule has 14 heavy (non-hydrogen) atoms. The molecule has 0 fully saturated rings. The normalized spacial score (nSPS) is 12.6. The number of rotatable bonds is 1. The Balaban J connectivity index is 3.37. The Labute approximate surface area is 105 Å². The van der Waals surface area contributed by atoms with E-state index in [2.05, 4.69) is 31.9 Å². The van der Waals surface area contributed by atoms with E-state index in [9.17, 15) is 0 Å². The first-order valence-electron chi connectivity index (χ1n) is 3.80. The molecule has 0 aromatic heterocycles. The van der Waals surface area contributed by atoms with Crippen LogP contribution in [0.15, 0.2) is 22.3 Å². The molecule has 4 N–H and O–H groups in total. The van der Waals surface area contributed by atoms with Crippen LogP contribution in [0.4, 0.5) is 5.69 Å². The molecule has 1 rings (SSSR count). The van der Waals surface area contributed by atoms with Crippen LogP contribution in [0.5, 0.6) is 0 Å². The molecule has 0 atom stereocenters. The van der Waals surface area contributed by atoms with Crippen LogP contribution in [0.25, 0.3) is 4.48 Å². The average Bonchev–Trinajstić information content (AvgIpc) is 2.10. The third-order valence-electron chi connectivity index (χ3n) is 1.68. The van der Waals surface area contributed by atoms with Crippen molar-refractivity contribution in [2.24, 2.45) is 5.73 Å². The first kappa shape index (κ1) is 11.9. The van der Waals surface area contributed by atoms with Crippen molar-refractivity contribution < 1.29 is 0 Å². The van der Waals surface area contributed by atoms with Crippen LogP contribution in [0.3, 0.4) is 0 Å². The highest BCUT2D eigenvalue weighted by atomic mass is 79.9. The molecule has 2 nitrogen and oxygen atoms in total. The van der Waals surface area contributed by atoms with E-state index < -0.39 is 0 Å². The van der Waals surface area contributed by atoms with Crippen molar-refractivity contribution in [2.75, 3.05) is 5.73 Å². The van der Waals surface area contributed by atoms with E-state index in [0.717, 1.165) is 14.5 Å². The topological polar surface area (TPSA) is 52.0 Å². The highest BCUT2D eigenvalue weighted by Gasteiger charge is 2.08. The molecule has 1 aromatic rings. The summed E-state index contributed by atoms with van der Waals surface area (Å²) in [5.74, 6) is 0. The van der Waals surface area contributed by atoms with Crippen LogP contribution in [0, 0.1) is 0 Å².